The quantitative estimate of drug-likeness (QED) is 0.684. The number of nitrogens with one attached hydrogen (secondary N) is 1. The Kier molecular flexibility index (Phi) is 4.17. The first-order valence-corrected chi connectivity index (χ1v) is 5.90. The highest BCUT2D eigenvalue weighted by molar-refractivity contribution is 6.29. The van der Waals surface area contributed by atoms with Crippen molar-refractivity contribution in [1.82, 2.24) is 9.97 Å². The zero-order valence-electron chi connectivity index (χ0n) is 10.5. The van der Waals surface area contributed by atoms with Crippen molar-refractivity contribution in [3.63, 3.8) is 0 Å². The fourth-order valence-electron chi connectivity index (χ4n) is 1.47. The molecular formula is C12H8ClF4N3O. The van der Waals surface area contributed by atoms with E-state index in [9.17, 15) is 17.6 Å². The zero-order valence-corrected chi connectivity index (χ0v) is 11.3. The molecule has 0 radical (unpaired) electrons. The number of benzene rings is 1. The maximum Gasteiger partial charge on any atom is 0.451 e. The van der Waals surface area contributed by atoms with Crippen molar-refractivity contribution in [2.24, 2.45) is 0 Å². The van der Waals surface area contributed by atoms with Crippen LogP contribution >= 0.6 is 11.6 Å². The number of hydrogen-bond donors (Lipinski definition) is 1. The van der Waals surface area contributed by atoms with E-state index in [0.717, 1.165) is 12.1 Å². The number of alkyl halides is 3. The fourth-order valence-corrected chi connectivity index (χ4v) is 1.66. The van der Waals surface area contributed by atoms with Gasteiger partial charge in [-0.1, -0.05) is 11.6 Å². The van der Waals surface area contributed by atoms with Crippen LogP contribution in [0, 0.1) is 5.82 Å². The van der Waals surface area contributed by atoms with E-state index in [1.165, 1.54) is 19.2 Å². The van der Waals surface area contributed by atoms with E-state index in [1.807, 2.05) is 0 Å². The second-order valence-electron chi connectivity index (χ2n) is 3.87. The monoisotopic (exact) mass is 321 g/mol. The molecule has 2 rings (SSSR count). The highest BCUT2D eigenvalue weighted by atomic mass is 35.5. The van der Waals surface area contributed by atoms with Gasteiger partial charge in [0.2, 0.25) is 5.82 Å². The standard InChI is InChI=1S/C12H8ClF4N3O/c1-21-6-2-3-7(14)8(4-6)18-10-5-9(13)19-11(20-10)12(15,16)17/h2-5H,1H3,(H,18,19,20). The second kappa shape index (κ2) is 5.72. The second-order valence-corrected chi connectivity index (χ2v) is 4.26. The average Bonchev–Trinajstić information content (AvgIpc) is 2.39. The van der Waals surface area contributed by atoms with Crippen molar-refractivity contribution in [2.75, 3.05) is 12.4 Å². The van der Waals surface area contributed by atoms with Gasteiger partial charge in [0.15, 0.2) is 0 Å². The van der Waals surface area contributed by atoms with Crippen LogP contribution in [0.4, 0.5) is 29.1 Å². The Balaban J connectivity index is 2.38. The van der Waals surface area contributed by atoms with Gasteiger partial charge in [0.05, 0.1) is 12.8 Å². The molecule has 0 fully saturated rings. The van der Waals surface area contributed by atoms with E-state index in [-0.39, 0.29) is 11.5 Å². The van der Waals surface area contributed by atoms with Crippen molar-refractivity contribution in [3.8, 4) is 5.75 Å². The van der Waals surface area contributed by atoms with Gasteiger partial charge in [0.25, 0.3) is 0 Å². The summed E-state index contributed by atoms with van der Waals surface area (Å²) >= 11 is 5.51. The maximum atomic E-state index is 13.6. The molecule has 0 aliphatic rings. The van der Waals surface area contributed by atoms with Crippen LogP contribution in [0.2, 0.25) is 5.15 Å². The van der Waals surface area contributed by atoms with E-state index >= 15 is 0 Å². The summed E-state index contributed by atoms with van der Waals surface area (Å²) in [5.74, 6) is -2.05. The largest absolute Gasteiger partial charge is 0.497 e. The van der Waals surface area contributed by atoms with Gasteiger partial charge in [0.1, 0.15) is 22.5 Å². The van der Waals surface area contributed by atoms with Crippen molar-refractivity contribution in [3.05, 3.63) is 41.1 Å². The highest BCUT2D eigenvalue weighted by Gasteiger charge is 2.35. The summed E-state index contributed by atoms with van der Waals surface area (Å²) in [6, 6.07) is 4.80. The molecule has 112 valence electrons. The Morgan fingerprint density at radius 3 is 2.52 bits per heavy atom. The molecule has 0 amide bonds. The van der Waals surface area contributed by atoms with Crippen LogP contribution in [0.5, 0.6) is 5.75 Å². The number of methoxy groups -OCH3 is 1. The van der Waals surface area contributed by atoms with Gasteiger partial charge in [-0.2, -0.15) is 13.2 Å². The van der Waals surface area contributed by atoms with E-state index in [1.54, 1.807) is 0 Å². The molecule has 0 spiro atoms. The normalized spacial score (nSPS) is 11.3. The number of anilines is 2. The molecule has 0 aliphatic carbocycles. The average molecular weight is 322 g/mol. The topological polar surface area (TPSA) is 47.0 Å². The number of aromatic nitrogens is 2. The molecule has 1 N–H and O–H groups in total. The minimum Gasteiger partial charge on any atom is -0.497 e. The molecular weight excluding hydrogens is 314 g/mol. The zero-order chi connectivity index (χ0) is 15.6. The minimum atomic E-state index is -4.76. The Hall–Kier alpha value is -2.09. The van der Waals surface area contributed by atoms with Crippen LogP contribution in [-0.2, 0) is 6.18 Å². The van der Waals surface area contributed by atoms with Crippen LogP contribution < -0.4 is 10.1 Å². The van der Waals surface area contributed by atoms with Crippen molar-refractivity contribution >= 4 is 23.1 Å². The Morgan fingerprint density at radius 1 is 1.19 bits per heavy atom. The Morgan fingerprint density at radius 2 is 1.90 bits per heavy atom. The maximum absolute atomic E-state index is 13.6. The van der Waals surface area contributed by atoms with Gasteiger partial charge in [-0.15, -0.1) is 0 Å². The van der Waals surface area contributed by atoms with Crippen LogP contribution in [-0.4, -0.2) is 17.1 Å². The molecule has 1 aromatic carbocycles. The molecule has 1 heterocycles. The highest BCUT2D eigenvalue weighted by Crippen LogP contribution is 2.30. The van der Waals surface area contributed by atoms with Crippen molar-refractivity contribution in [1.29, 1.82) is 0 Å². The molecule has 4 nitrogen and oxygen atoms in total. The molecule has 0 aliphatic heterocycles. The van der Waals surface area contributed by atoms with Gasteiger partial charge in [0, 0.05) is 12.1 Å². The third kappa shape index (κ3) is 3.72. The summed E-state index contributed by atoms with van der Waals surface area (Å²) in [5, 5.41) is 2.00. The molecule has 0 saturated carbocycles. The lowest BCUT2D eigenvalue weighted by atomic mass is 10.3. The Bertz CT molecular complexity index is 663. The molecule has 0 saturated heterocycles. The number of nitrogens with zero attached hydrogens (tertiary/aromatic N) is 2. The summed E-state index contributed by atoms with van der Waals surface area (Å²) < 4.78 is 56.3. The Labute approximate surface area is 121 Å². The summed E-state index contributed by atoms with van der Waals surface area (Å²) in [4.78, 5) is 6.33. The van der Waals surface area contributed by atoms with Gasteiger partial charge in [-0.25, -0.2) is 14.4 Å². The van der Waals surface area contributed by atoms with Crippen LogP contribution in [0.15, 0.2) is 24.3 Å². The summed E-state index contributed by atoms with van der Waals surface area (Å²) in [6.07, 6.45) is -4.76. The summed E-state index contributed by atoms with van der Waals surface area (Å²) in [6.45, 7) is 0. The molecule has 0 bridgehead atoms. The van der Waals surface area contributed by atoms with E-state index in [2.05, 4.69) is 15.3 Å². The SMILES string of the molecule is COc1ccc(F)c(Nc2cc(Cl)nc(C(F)(F)F)n2)c1. The third-order valence-corrected chi connectivity index (χ3v) is 2.58. The number of rotatable bonds is 3. The van der Waals surface area contributed by atoms with Crippen molar-refractivity contribution < 1.29 is 22.3 Å². The van der Waals surface area contributed by atoms with E-state index < -0.39 is 23.0 Å². The molecule has 9 heteroatoms. The first-order chi connectivity index (χ1) is 9.79. The predicted octanol–water partition coefficient (Wildman–Crippen LogP) is 4.04. The molecule has 21 heavy (non-hydrogen) atoms. The number of halogens is 5. The van der Waals surface area contributed by atoms with Gasteiger partial charge < -0.3 is 10.1 Å². The smallest absolute Gasteiger partial charge is 0.451 e. The first kappa shape index (κ1) is 15.3. The van der Waals surface area contributed by atoms with Gasteiger partial charge in [-0.05, 0) is 12.1 Å². The summed E-state index contributed by atoms with van der Waals surface area (Å²) in [5.41, 5.74) is -0.0998. The van der Waals surface area contributed by atoms with E-state index in [4.69, 9.17) is 16.3 Å². The molecule has 1 aromatic heterocycles. The van der Waals surface area contributed by atoms with E-state index in [0.29, 0.717) is 5.75 Å². The van der Waals surface area contributed by atoms with Crippen LogP contribution in [0.25, 0.3) is 0 Å². The minimum absolute atomic E-state index is 0.0998. The first-order valence-electron chi connectivity index (χ1n) is 5.52. The third-order valence-electron chi connectivity index (χ3n) is 2.38. The van der Waals surface area contributed by atoms with Crippen LogP contribution in [0.3, 0.4) is 0 Å². The molecule has 0 atom stereocenters. The lowest BCUT2D eigenvalue weighted by molar-refractivity contribution is -0.144. The molecule has 0 unspecified atom stereocenters. The number of ether oxygens (including phenoxy) is 1. The van der Waals surface area contributed by atoms with Crippen LogP contribution in [0.1, 0.15) is 5.82 Å². The molecule has 2 aromatic rings. The van der Waals surface area contributed by atoms with Gasteiger partial charge >= 0.3 is 6.18 Å². The summed E-state index contributed by atoms with van der Waals surface area (Å²) in [7, 11) is 1.38. The lowest BCUT2D eigenvalue weighted by Gasteiger charge is -2.11. The van der Waals surface area contributed by atoms with Crippen molar-refractivity contribution in [2.45, 2.75) is 6.18 Å². The number of hydrogen-bond acceptors (Lipinski definition) is 4. The lowest BCUT2D eigenvalue weighted by Crippen LogP contribution is -2.12. The fraction of sp³-hybridized carbons (Fsp3) is 0.167. The van der Waals surface area contributed by atoms with Gasteiger partial charge in [-0.3, -0.25) is 0 Å². The predicted molar refractivity (Wildman–Crippen MR) is 68.3 cm³/mol.